The van der Waals surface area contributed by atoms with Gasteiger partial charge in [-0.05, 0) is 128 Å². The van der Waals surface area contributed by atoms with Gasteiger partial charge in [-0.1, -0.05) is 171 Å². The molecule has 11 rings (SSSR count). The van der Waals surface area contributed by atoms with E-state index in [4.69, 9.17) is 0 Å². The van der Waals surface area contributed by atoms with E-state index < -0.39 is 0 Å². The van der Waals surface area contributed by atoms with Crippen molar-refractivity contribution in [2.24, 2.45) is 0 Å². The van der Waals surface area contributed by atoms with Crippen molar-refractivity contribution in [3.63, 3.8) is 0 Å². The van der Waals surface area contributed by atoms with Crippen LogP contribution >= 0.6 is 11.8 Å². The Morgan fingerprint density at radius 2 is 0.850 bits per heavy atom. The number of fused-ring (bicyclic) bond motifs is 5. The lowest BCUT2D eigenvalue weighted by Crippen LogP contribution is -2.16. The molecule has 60 heavy (non-hydrogen) atoms. The Balaban J connectivity index is 0.957. The highest BCUT2D eigenvalue weighted by Crippen LogP contribution is 2.53. The van der Waals surface area contributed by atoms with Gasteiger partial charge in [-0.2, -0.15) is 0 Å². The zero-order valence-electron chi connectivity index (χ0n) is 33.6. The van der Waals surface area contributed by atoms with Crippen LogP contribution in [0.25, 0.3) is 44.5 Å². The summed E-state index contributed by atoms with van der Waals surface area (Å²) in [7, 11) is 0. The van der Waals surface area contributed by atoms with Gasteiger partial charge < -0.3 is 9.80 Å². The van der Waals surface area contributed by atoms with Gasteiger partial charge in [0.05, 0.1) is 11.4 Å². The van der Waals surface area contributed by atoms with Crippen LogP contribution in [-0.4, -0.2) is 0 Å². The highest BCUT2D eigenvalue weighted by molar-refractivity contribution is 7.99. The van der Waals surface area contributed by atoms with Gasteiger partial charge >= 0.3 is 0 Å². The molecule has 9 aromatic carbocycles. The topological polar surface area (TPSA) is 6.48 Å². The van der Waals surface area contributed by atoms with Crippen molar-refractivity contribution in [3.8, 4) is 44.5 Å². The van der Waals surface area contributed by atoms with Crippen molar-refractivity contribution in [1.82, 2.24) is 0 Å². The smallest absolute Gasteiger partial charge is 0.0602 e. The molecule has 1 aliphatic heterocycles. The van der Waals surface area contributed by atoms with Crippen LogP contribution in [0.3, 0.4) is 0 Å². The highest BCUT2D eigenvalue weighted by Gasteiger charge is 2.36. The molecule has 2 aliphatic rings. The number of anilines is 6. The molecule has 2 nitrogen and oxygen atoms in total. The summed E-state index contributed by atoms with van der Waals surface area (Å²) in [4.78, 5) is 7.29. The summed E-state index contributed by atoms with van der Waals surface area (Å²) >= 11 is 1.85. The predicted octanol–water partition coefficient (Wildman–Crippen LogP) is 16.4. The second kappa shape index (κ2) is 14.6. The molecule has 0 bridgehead atoms. The first-order valence-electron chi connectivity index (χ1n) is 20.7. The molecule has 9 aromatic rings. The number of nitrogens with zero attached hydrogens (tertiary/aromatic N) is 2. The van der Waals surface area contributed by atoms with Crippen LogP contribution in [0.4, 0.5) is 34.1 Å². The first kappa shape index (κ1) is 36.0. The fourth-order valence-corrected chi connectivity index (χ4v) is 10.3. The number of para-hydroxylation sites is 2. The second-order valence-corrected chi connectivity index (χ2v) is 17.3. The Morgan fingerprint density at radius 3 is 1.53 bits per heavy atom. The van der Waals surface area contributed by atoms with Gasteiger partial charge in [-0.15, -0.1) is 0 Å². The summed E-state index contributed by atoms with van der Waals surface area (Å²) in [5.41, 5.74) is 19.5. The van der Waals surface area contributed by atoms with E-state index in [1.165, 1.54) is 76.8 Å². The average Bonchev–Trinajstić information content (AvgIpc) is 3.54. The lowest BCUT2D eigenvalue weighted by molar-refractivity contribution is 0.660. The molecule has 0 amide bonds. The molecular formula is C57H42N2S. The van der Waals surface area contributed by atoms with Gasteiger partial charge in [0.1, 0.15) is 0 Å². The van der Waals surface area contributed by atoms with Crippen molar-refractivity contribution < 1.29 is 0 Å². The van der Waals surface area contributed by atoms with Crippen LogP contribution < -0.4 is 9.80 Å². The minimum Gasteiger partial charge on any atom is -0.310 e. The van der Waals surface area contributed by atoms with Crippen LogP contribution in [-0.2, 0) is 5.41 Å². The van der Waals surface area contributed by atoms with E-state index in [0.717, 1.165) is 22.7 Å². The minimum absolute atomic E-state index is 0.103. The van der Waals surface area contributed by atoms with E-state index in [1.54, 1.807) is 0 Å². The van der Waals surface area contributed by atoms with Gasteiger partial charge in [0.2, 0.25) is 0 Å². The maximum absolute atomic E-state index is 2.41. The zero-order chi connectivity index (χ0) is 40.2. The van der Waals surface area contributed by atoms with E-state index in [9.17, 15) is 0 Å². The molecule has 0 spiro atoms. The van der Waals surface area contributed by atoms with E-state index in [2.05, 4.69) is 242 Å². The summed E-state index contributed by atoms with van der Waals surface area (Å²) < 4.78 is 0. The maximum Gasteiger partial charge on any atom is 0.0602 e. The normalized spacial score (nSPS) is 13.2. The Kier molecular flexibility index (Phi) is 8.79. The summed E-state index contributed by atoms with van der Waals surface area (Å²) in [5, 5.41) is 0. The molecule has 0 unspecified atom stereocenters. The third-order valence-corrected chi connectivity index (χ3v) is 13.4. The van der Waals surface area contributed by atoms with E-state index in [1.807, 2.05) is 11.8 Å². The van der Waals surface area contributed by atoms with Gasteiger partial charge in [0.15, 0.2) is 0 Å². The molecule has 0 saturated carbocycles. The third kappa shape index (κ3) is 6.22. The zero-order valence-corrected chi connectivity index (χ0v) is 34.4. The average molecular weight is 787 g/mol. The molecule has 286 valence electrons. The fourth-order valence-electron chi connectivity index (χ4n) is 9.16. The number of hydrogen-bond acceptors (Lipinski definition) is 3. The van der Waals surface area contributed by atoms with E-state index in [-0.39, 0.29) is 5.41 Å². The third-order valence-electron chi connectivity index (χ3n) is 12.3. The number of hydrogen-bond donors (Lipinski definition) is 0. The van der Waals surface area contributed by atoms with Crippen molar-refractivity contribution in [3.05, 3.63) is 230 Å². The lowest BCUT2D eigenvalue weighted by atomic mass is 9.82. The van der Waals surface area contributed by atoms with Gasteiger partial charge in [0, 0.05) is 38.0 Å². The Morgan fingerprint density at radius 1 is 0.367 bits per heavy atom. The van der Waals surface area contributed by atoms with Crippen LogP contribution in [0, 0.1) is 0 Å². The molecule has 0 aromatic heterocycles. The van der Waals surface area contributed by atoms with E-state index >= 15 is 0 Å². The van der Waals surface area contributed by atoms with Crippen LogP contribution in [0.2, 0.25) is 0 Å². The molecule has 0 atom stereocenters. The van der Waals surface area contributed by atoms with Crippen molar-refractivity contribution >= 4 is 45.9 Å². The Hall–Kier alpha value is -7.07. The second-order valence-electron chi connectivity index (χ2n) is 16.2. The molecule has 0 fully saturated rings. The molecular weight excluding hydrogens is 745 g/mol. The van der Waals surface area contributed by atoms with Gasteiger partial charge in [0.25, 0.3) is 0 Å². The first-order valence-corrected chi connectivity index (χ1v) is 21.5. The molecule has 0 saturated heterocycles. The summed E-state index contributed by atoms with van der Waals surface area (Å²) in [5.74, 6) is 0. The summed E-state index contributed by atoms with van der Waals surface area (Å²) in [6, 6.07) is 79.8. The SMILES string of the molecule is CC1(C)c2ccccc2-c2ccc(N(c3ccc(-c4ccc(-c5ccccc5)cc4)cc3)c3ccc(-c4ccc5c(c4)Sc4ccccc4N5c4ccccc4)cc3)cc21. The highest BCUT2D eigenvalue weighted by atomic mass is 32.2. The molecule has 3 heteroatoms. The van der Waals surface area contributed by atoms with Crippen LogP contribution in [0.15, 0.2) is 228 Å². The van der Waals surface area contributed by atoms with Crippen LogP contribution in [0.5, 0.6) is 0 Å². The van der Waals surface area contributed by atoms with E-state index in [0.29, 0.717) is 0 Å². The van der Waals surface area contributed by atoms with Crippen LogP contribution in [0.1, 0.15) is 25.0 Å². The Bertz CT molecular complexity index is 3010. The number of rotatable bonds is 7. The molecule has 0 N–H and O–H groups in total. The van der Waals surface area contributed by atoms with Gasteiger partial charge in [-0.3, -0.25) is 0 Å². The van der Waals surface area contributed by atoms with Crippen molar-refractivity contribution in [2.75, 3.05) is 9.80 Å². The fraction of sp³-hybridized carbons (Fsp3) is 0.0526. The standard InChI is InChI=1S/C57H42N2S/c1-57(2)51-18-10-9-17-49(51)50-35-34-48(38-52(50)57)58(46-30-25-42(26-31-46)41-23-21-40(22-24-41)39-13-5-3-6-14-39)47-32-27-43(28-33-47)44-29-36-54-56(37-44)60-55-20-12-11-19-53(55)59(54)45-15-7-4-8-16-45/h3-38H,1-2H3. The largest absolute Gasteiger partial charge is 0.310 e. The molecule has 0 radical (unpaired) electrons. The summed E-state index contributed by atoms with van der Waals surface area (Å²) in [6.45, 7) is 4.71. The first-order chi connectivity index (χ1) is 29.5. The quantitative estimate of drug-likeness (QED) is 0.159. The van der Waals surface area contributed by atoms with Crippen molar-refractivity contribution in [1.29, 1.82) is 0 Å². The number of benzene rings is 9. The maximum atomic E-state index is 2.41. The summed E-state index contributed by atoms with van der Waals surface area (Å²) in [6.07, 6.45) is 0. The molecule has 1 aliphatic carbocycles. The monoisotopic (exact) mass is 786 g/mol. The minimum atomic E-state index is -0.103. The predicted molar refractivity (Wildman–Crippen MR) is 254 cm³/mol. The molecule has 1 heterocycles. The lowest BCUT2D eigenvalue weighted by Gasteiger charge is -2.33. The Labute approximate surface area is 357 Å². The van der Waals surface area contributed by atoms with Crippen molar-refractivity contribution in [2.45, 2.75) is 29.1 Å². The van der Waals surface area contributed by atoms with Gasteiger partial charge in [-0.25, -0.2) is 0 Å².